The number of nitrogens with zero attached hydrogens (tertiary/aromatic N) is 2. The van der Waals surface area contributed by atoms with Crippen LogP contribution >= 0.6 is 11.6 Å². The Hall–Kier alpha value is -1.61. The van der Waals surface area contributed by atoms with Gasteiger partial charge >= 0.3 is 0 Å². The van der Waals surface area contributed by atoms with E-state index in [0.29, 0.717) is 10.8 Å². The molecule has 1 heterocycles. The molecule has 1 aromatic carbocycles. The van der Waals surface area contributed by atoms with Gasteiger partial charge < -0.3 is 4.74 Å². The van der Waals surface area contributed by atoms with Crippen molar-refractivity contribution in [2.24, 2.45) is 0 Å². The van der Waals surface area contributed by atoms with E-state index >= 15 is 0 Å². The molecule has 0 atom stereocenters. The molecule has 2 aromatic rings. The zero-order chi connectivity index (χ0) is 13.1. The molecule has 18 heavy (non-hydrogen) atoms. The number of rotatable bonds is 3. The SMILES string of the molecule is Cc1nccc(-c2ccc(OC(C)C)c(Cl)c2)n1. The third-order valence-electron chi connectivity index (χ3n) is 2.37. The van der Waals surface area contributed by atoms with Crippen molar-refractivity contribution in [3.8, 4) is 17.0 Å². The summed E-state index contributed by atoms with van der Waals surface area (Å²) in [5.41, 5.74) is 1.82. The number of halogens is 1. The standard InChI is InChI=1S/C14H15ClN2O/c1-9(2)18-14-5-4-11(8-12(14)15)13-6-7-16-10(3)17-13/h4-9H,1-3H3. The van der Waals surface area contributed by atoms with Gasteiger partial charge in [-0.3, -0.25) is 0 Å². The molecule has 0 spiro atoms. The van der Waals surface area contributed by atoms with Gasteiger partial charge in [0.25, 0.3) is 0 Å². The molecule has 0 fully saturated rings. The molecule has 0 bridgehead atoms. The lowest BCUT2D eigenvalue weighted by molar-refractivity contribution is 0.242. The lowest BCUT2D eigenvalue weighted by atomic mass is 10.1. The molecule has 3 nitrogen and oxygen atoms in total. The van der Waals surface area contributed by atoms with Gasteiger partial charge in [0.15, 0.2) is 0 Å². The molecule has 4 heteroatoms. The summed E-state index contributed by atoms with van der Waals surface area (Å²) in [7, 11) is 0. The fourth-order valence-corrected chi connectivity index (χ4v) is 1.85. The quantitative estimate of drug-likeness (QED) is 0.842. The number of ether oxygens (including phenoxy) is 1. The minimum absolute atomic E-state index is 0.106. The molecular formula is C14H15ClN2O. The summed E-state index contributed by atoms with van der Waals surface area (Å²) in [5, 5.41) is 0.595. The summed E-state index contributed by atoms with van der Waals surface area (Å²) in [6.45, 7) is 5.80. The fraction of sp³-hybridized carbons (Fsp3) is 0.286. The van der Waals surface area contributed by atoms with Crippen LogP contribution in [-0.2, 0) is 0 Å². The predicted octanol–water partition coefficient (Wildman–Crippen LogP) is 3.89. The molecule has 0 N–H and O–H groups in total. The van der Waals surface area contributed by atoms with Crippen molar-refractivity contribution < 1.29 is 4.74 Å². The van der Waals surface area contributed by atoms with E-state index < -0.39 is 0 Å². The number of hydrogen-bond donors (Lipinski definition) is 0. The van der Waals surface area contributed by atoms with Crippen molar-refractivity contribution in [3.63, 3.8) is 0 Å². The average Bonchev–Trinajstić information content (AvgIpc) is 2.31. The van der Waals surface area contributed by atoms with Crippen LogP contribution in [0.15, 0.2) is 30.5 Å². The molecule has 0 unspecified atom stereocenters. The lowest BCUT2D eigenvalue weighted by Crippen LogP contribution is -2.05. The van der Waals surface area contributed by atoms with E-state index in [2.05, 4.69) is 9.97 Å². The Labute approximate surface area is 112 Å². The second-order valence-electron chi connectivity index (χ2n) is 4.30. The summed E-state index contributed by atoms with van der Waals surface area (Å²) >= 11 is 6.19. The largest absolute Gasteiger partial charge is 0.489 e. The van der Waals surface area contributed by atoms with E-state index in [-0.39, 0.29) is 6.10 Å². The first-order valence-corrected chi connectivity index (χ1v) is 6.20. The second-order valence-corrected chi connectivity index (χ2v) is 4.71. The maximum absolute atomic E-state index is 6.19. The molecule has 2 rings (SSSR count). The molecule has 1 aromatic heterocycles. The fourth-order valence-electron chi connectivity index (χ4n) is 1.63. The van der Waals surface area contributed by atoms with E-state index in [0.717, 1.165) is 17.1 Å². The molecule has 0 radical (unpaired) electrons. The molecule has 0 aliphatic rings. The molecule has 0 saturated heterocycles. The molecular weight excluding hydrogens is 248 g/mol. The lowest BCUT2D eigenvalue weighted by Gasteiger charge is -2.12. The third-order valence-corrected chi connectivity index (χ3v) is 2.66. The minimum Gasteiger partial charge on any atom is -0.489 e. The number of aromatic nitrogens is 2. The van der Waals surface area contributed by atoms with Crippen LogP contribution in [0, 0.1) is 6.92 Å². The van der Waals surface area contributed by atoms with E-state index in [1.165, 1.54) is 0 Å². The first-order valence-electron chi connectivity index (χ1n) is 5.82. The maximum Gasteiger partial charge on any atom is 0.138 e. The highest BCUT2D eigenvalue weighted by atomic mass is 35.5. The monoisotopic (exact) mass is 262 g/mol. The molecule has 0 amide bonds. The zero-order valence-electron chi connectivity index (χ0n) is 10.6. The van der Waals surface area contributed by atoms with Gasteiger partial charge in [0.2, 0.25) is 0 Å². The van der Waals surface area contributed by atoms with Gasteiger partial charge in [0, 0.05) is 11.8 Å². The van der Waals surface area contributed by atoms with Crippen molar-refractivity contribution in [1.29, 1.82) is 0 Å². The van der Waals surface area contributed by atoms with Gasteiger partial charge in [-0.1, -0.05) is 11.6 Å². The summed E-state index contributed by atoms with van der Waals surface area (Å²) < 4.78 is 5.59. The molecule has 0 aliphatic carbocycles. The normalized spacial score (nSPS) is 10.7. The van der Waals surface area contributed by atoms with E-state index in [1.807, 2.05) is 45.0 Å². The number of benzene rings is 1. The summed E-state index contributed by atoms with van der Waals surface area (Å²) in [4.78, 5) is 8.44. The van der Waals surface area contributed by atoms with Crippen molar-refractivity contribution >= 4 is 11.6 Å². The summed E-state index contributed by atoms with van der Waals surface area (Å²) in [5.74, 6) is 1.44. The van der Waals surface area contributed by atoms with Crippen molar-refractivity contribution in [2.75, 3.05) is 0 Å². The van der Waals surface area contributed by atoms with Crippen LogP contribution in [-0.4, -0.2) is 16.1 Å². The first kappa shape index (κ1) is 12.8. The Morgan fingerprint density at radius 3 is 2.61 bits per heavy atom. The molecule has 94 valence electrons. The highest BCUT2D eigenvalue weighted by Gasteiger charge is 2.07. The topological polar surface area (TPSA) is 35.0 Å². The van der Waals surface area contributed by atoms with Gasteiger partial charge in [-0.15, -0.1) is 0 Å². The van der Waals surface area contributed by atoms with Crippen molar-refractivity contribution in [3.05, 3.63) is 41.3 Å². The Balaban J connectivity index is 2.34. The van der Waals surface area contributed by atoms with Gasteiger partial charge in [-0.05, 0) is 45.0 Å². The van der Waals surface area contributed by atoms with E-state index in [4.69, 9.17) is 16.3 Å². The maximum atomic E-state index is 6.19. The number of hydrogen-bond acceptors (Lipinski definition) is 3. The van der Waals surface area contributed by atoms with Crippen molar-refractivity contribution in [2.45, 2.75) is 26.9 Å². The first-order chi connectivity index (χ1) is 8.56. The number of aryl methyl sites for hydroxylation is 1. The second kappa shape index (κ2) is 5.36. The highest BCUT2D eigenvalue weighted by Crippen LogP contribution is 2.30. The van der Waals surface area contributed by atoms with Crippen LogP contribution in [0.4, 0.5) is 0 Å². The van der Waals surface area contributed by atoms with E-state index in [1.54, 1.807) is 6.20 Å². The van der Waals surface area contributed by atoms with E-state index in [9.17, 15) is 0 Å². The van der Waals surface area contributed by atoms with Crippen LogP contribution in [0.1, 0.15) is 19.7 Å². The Kier molecular flexibility index (Phi) is 3.82. The minimum atomic E-state index is 0.106. The van der Waals surface area contributed by atoms with Crippen molar-refractivity contribution in [1.82, 2.24) is 9.97 Å². The van der Waals surface area contributed by atoms with Gasteiger partial charge in [0.05, 0.1) is 16.8 Å². The average molecular weight is 263 g/mol. The Morgan fingerprint density at radius 1 is 1.22 bits per heavy atom. The smallest absolute Gasteiger partial charge is 0.138 e. The molecule has 0 aliphatic heterocycles. The van der Waals surface area contributed by atoms with Crippen LogP contribution in [0.3, 0.4) is 0 Å². The highest BCUT2D eigenvalue weighted by molar-refractivity contribution is 6.32. The van der Waals surface area contributed by atoms with Gasteiger partial charge in [0.1, 0.15) is 11.6 Å². The summed E-state index contributed by atoms with van der Waals surface area (Å²) in [6, 6.07) is 7.54. The Morgan fingerprint density at radius 2 is 2.00 bits per heavy atom. The van der Waals surface area contributed by atoms with Crippen LogP contribution in [0.25, 0.3) is 11.3 Å². The zero-order valence-corrected chi connectivity index (χ0v) is 11.4. The third kappa shape index (κ3) is 2.99. The Bertz CT molecular complexity index is 555. The summed E-state index contributed by atoms with van der Waals surface area (Å²) in [6.07, 6.45) is 1.85. The molecule has 0 saturated carbocycles. The van der Waals surface area contributed by atoms with Gasteiger partial charge in [-0.25, -0.2) is 9.97 Å². The van der Waals surface area contributed by atoms with Crippen LogP contribution < -0.4 is 4.74 Å². The van der Waals surface area contributed by atoms with Crippen LogP contribution in [0.2, 0.25) is 5.02 Å². The van der Waals surface area contributed by atoms with Crippen LogP contribution in [0.5, 0.6) is 5.75 Å². The predicted molar refractivity (Wildman–Crippen MR) is 73.0 cm³/mol. The van der Waals surface area contributed by atoms with Gasteiger partial charge in [-0.2, -0.15) is 0 Å².